The third-order valence-corrected chi connectivity index (χ3v) is 2.43. The summed E-state index contributed by atoms with van der Waals surface area (Å²) in [5, 5.41) is 8.63. The highest BCUT2D eigenvalue weighted by Gasteiger charge is 2.25. The minimum atomic E-state index is -1.20. The summed E-state index contributed by atoms with van der Waals surface area (Å²) >= 11 is 0. The van der Waals surface area contributed by atoms with Crippen molar-refractivity contribution >= 4 is 11.9 Å². The van der Waals surface area contributed by atoms with E-state index >= 15 is 0 Å². The highest BCUT2D eigenvalue weighted by molar-refractivity contribution is 5.99. The van der Waals surface area contributed by atoms with E-state index in [1.807, 2.05) is 0 Å². The largest absolute Gasteiger partial charge is 0.493 e. The predicted octanol–water partition coefficient (Wildman–Crippen LogP) is 1.000. The van der Waals surface area contributed by atoms with Gasteiger partial charge in [-0.15, -0.1) is 0 Å². The maximum Gasteiger partial charge on any atom is 0.323 e. The molecule has 1 rings (SSSR count). The van der Waals surface area contributed by atoms with Crippen molar-refractivity contribution < 1.29 is 28.6 Å². The van der Waals surface area contributed by atoms with Crippen molar-refractivity contribution in [3.63, 3.8) is 0 Å². The van der Waals surface area contributed by atoms with Crippen LogP contribution in [0.5, 0.6) is 11.5 Å². The average molecular weight is 271 g/mol. The second kappa shape index (κ2) is 6.03. The molecule has 0 aliphatic heterocycles. The van der Waals surface area contributed by atoms with Gasteiger partial charge in [0.15, 0.2) is 11.5 Å². The Kier molecular flexibility index (Phi) is 4.68. The Bertz CT molecular complexity index is 503. The molecule has 0 aromatic heterocycles. The molecule has 1 N–H and O–H groups in total. The Morgan fingerprint density at radius 1 is 1.32 bits per heavy atom. The number of halogens is 1. The zero-order chi connectivity index (χ0) is 14.6. The zero-order valence-electron chi connectivity index (χ0n) is 10.8. The van der Waals surface area contributed by atoms with Crippen LogP contribution in [-0.2, 0) is 4.79 Å². The van der Waals surface area contributed by atoms with E-state index in [1.165, 1.54) is 27.3 Å². The second-order valence-corrected chi connectivity index (χ2v) is 3.71. The first kappa shape index (κ1) is 14.7. The maximum absolute atomic E-state index is 13.8. The van der Waals surface area contributed by atoms with Crippen LogP contribution in [0.3, 0.4) is 0 Å². The first-order valence-electron chi connectivity index (χ1n) is 5.30. The summed E-state index contributed by atoms with van der Waals surface area (Å²) in [7, 11) is 3.88. The summed E-state index contributed by atoms with van der Waals surface area (Å²) in [6, 6.07) is 2.38. The van der Waals surface area contributed by atoms with E-state index in [4.69, 9.17) is 14.6 Å². The first-order chi connectivity index (χ1) is 8.92. The van der Waals surface area contributed by atoms with Crippen molar-refractivity contribution in [2.24, 2.45) is 0 Å². The van der Waals surface area contributed by atoms with Crippen LogP contribution in [-0.4, -0.2) is 49.7 Å². The van der Waals surface area contributed by atoms with E-state index in [0.29, 0.717) is 0 Å². The molecule has 0 fully saturated rings. The highest BCUT2D eigenvalue weighted by Crippen LogP contribution is 2.33. The van der Waals surface area contributed by atoms with Gasteiger partial charge >= 0.3 is 5.97 Å². The van der Waals surface area contributed by atoms with Crippen LogP contribution in [0, 0.1) is 5.82 Å². The van der Waals surface area contributed by atoms with Crippen LogP contribution < -0.4 is 9.47 Å². The average Bonchev–Trinajstić information content (AvgIpc) is 2.36. The quantitative estimate of drug-likeness (QED) is 0.864. The Morgan fingerprint density at radius 2 is 1.95 bits per heavy atom. The van der Waals surface area contributed by atoms with Gasteiger partial charge < -0.3 is 19.5 Å². The molecule has 0 saturated heterocycles. The number of amides is 1. The van der Waals surface area contributed by atoms with Gasteiger partial charge in [-0.3, -0.25) is 9.59 Å². The topological polar surface area (TPSA) is 76.1 Å². The van der Waals surface area contributed by atoms with E-state index in [-0.39, 0.29) is 17.1 Å². The number of ether oxygens (including phenoxy) is 2. The lowest BCUT2D eigenvalue weighted by Crippen LogP contribution is -2.32. The second-order valence-electron chi connectivity index (χ2n) is 3.71. The minimum absolute atomic E-state index is 0.0651. The molecule has 1 aromatic rings. The summed E-state index contributed by atoms with van der Waals surface area (Å²) in [6.45, 7) is -0.543. The molecule has 0 aliphatic carbocycles. The Labute approximate surface area is 109 Å². The molecule has 0 unspecified atom stereocenters. The van der Waals surface area contributed by atoms with E-state index in [2.05, 4.69) is 0 Å². The molecule has 0 radical (unpaired) electrons. The predicted molar refractivity (Wildman–Crippen MR) is 64.1 cm³/mol. The molecule has 0 heterocycles. The summed E-state index contributed by atoms with van der Waals surface area (Å²) in [5.74, 6) is -2.67. The van der Waals surface area contributed by atoms with Gasteiger partial charge in [-0.1, -0.05) is 0 Å². The number of hydrogen-bond acceptors (Lipinski definition) is 4. The molecule has 19 heavy (non-hydrogen) atoms. The van der Waals surface area contributed by atoms with Crippen molar-refractivity contribution in [2.75, 3.05) is 27.8 Å². The van der Waals surface area contributed by atoms with E-state index < -0.39 is 24.2 Å². The Morgan fingerprint density at radius 3 is 2.42 bits per heavy atom. The van der Waals surface area contributed by atoms with E-state index in [1.54, 1.807) is 0 Å². The van der Waals surface area contributed by atoms with E-state index in [0.717, 1.165) is 11.0 Å². The van der Waals surface area contributed by atoms with Gasteiger partial charge in [0, 0.05) is 7.05 Å². The van der Waals surface area contributed by atoms with Crippen LogP contribution in [0.4, 0.5) is 4.39 Å². The molecule has 0 saturated carbocycles. The Balaban J connectivity index is 3.24. The van der Waals surface area contributed by atoms with E-state index in [9.17, 15) is 14.0 Å². The standard InChI is InChI=1S/C12H14FNO5/c1-14(6-9(15)16)12(17)10-7(13)4-5-8(18-2)11(10)19-3/h4-5H,6H2,1-3H3,(H,15,16). The summed E-state index contributed by atoms with van der Waals surface area (Å²) in [5.41, 5.74) is -0.356. The number of aliphatic carboxylic acids is 1. The maximum atomic E-state index is 13.8. The third-order valence-electron chi connectivity index (χ3n) is 2.43. The van der Waals surface area contributed by atoms with Crippen molar-refractivity contribution in [3.05, 3.63) is 23.5 Å². The lowest BCUT2D eigenvalue weighted by atomic mass is 10.1. The van der Waals surface area contributed by atoms with Gasteiger partial charge in [0.2, 0.25) is 0 Å². The fourth-order valence-corrected chi connectivity index (χ4v) is 1.57. The third kappa shape index (κ3) is 3.12. The molecule has 0 aliphatic rings. The molecule has 7 heteroatoms. The fourth-order valence-electron chi connectivity index (χ4n) is 1.57. The first-order valence-corrected chi connectivity index (χ1v) is 5.30. The van der Waals surface area contributed by atoms with Crippen LogP contribution in [0.2, 0.25) is 0 Å². The Hall–Kier alpha value is -2.31. The number of benzene rings is 1. The molecular weight excluding hydrogens is 257 g/mol. The molecule has 6 nitrogen and oxygen atoms in total. The van der Waals surface area contributed by atoms with Crippen LogP contribution >= 0.6 is 0 Å². The van der Waals surface area contributed by atoms with Crippen molar-refractivity contribution in [2.45, 2.75) is 0 Å². The van der Waals surface area contributed by atoms with Crippen LogP contribution in [0.15, 0.2) is 12.1 Å². The smallest absolute Gasteiger partial charge is 0.323 e. The number of carboxylic acid groups (broad SMARTS) is 1. The lowest BCUT2D eigenvalue weighted by Gasteiger charge is -2.18. The number of nitrogens with zero attached hydrogens (tertiary/aromatic N) is 1. The van der Waals surface area contributed by atoms with Gasteiger partial charge in [-0.2, -0.15) is 0 Å². The zero-order valence-corrected chi connectivity index (χ0v) is 10.8. The molecule has 104 valence electrons. The van der Waals surface area contributed by atoms with Gasteiger partial charge in [0.1, 0.15) is 17.9 Å². The molecule has 0 atom stereocenters. The number of carbonyl (C=O) groups excluding carboxylic acids is 1. The number of methoxy groups -OCH3 is 2. The fraction of sp³-hybridized carbons (Fsp3) is 0.333. The molecular formula is C12H14FNO5. The van der Waals surface area contributed by atoms with Gasteiger partial charge in [0.05, 0.1) is 14.2 Å². The number of rotatable bonds is 5. The van der Waals surface area contributed by atoms with Crippen LogP contribution in [0.25, 0.3) is 0 Å². The van der Waals surface area contributed by atoms with Gasteiger partial charge in [-0.25, -0.2) is 4.39 Å². The molecule has 1 amide bonds. The lowest BCUT2D eigenvalue weighted by molar-refractivity contribution is -0.137. The minimum Gasteiger partial charge on any atom is -0.493 e. The van der Waals surface area contributed by atoms with Crippen LogP contribution in [0.1, 0.15) is 10.4 Å². The summed E-state index contributed by atoms with van der Waals surface area (Å²) in [6.07, 6.45) is 0. The number of carboxylic acids is 1. The van der Waals surface area contributed by atoms with Crippen molar-refractivity contribution in [1.29, 1.82) is 0 Å². The molecule has 0 spiro atoms. The van der Waals surface area contributed by atoms with Crippen molar-refractivity contribution in [3.8, 4) is 11.5 Å². The number of carbonyl (C=O) groups is 2. The molecule has 1 aromatic carbocycles. The number of likely N-dealkylation sites (N-methyl/N-ethyl adjacent to an activating group) is 1. The highest BCUT2D eigenvalue weighted by atomic mass is 19.1. The van der Waals surface area contributed by atoms with Crippen molar-refractivity contribution in [1.82, 2.24) is 4.90 Å². The number of hydrogen-bond donors (Lipinski definition) is 1. The molecule has 0 bridgehead atoms. The van der Waals surface area contributed by atoms with Gasteiger partial charge in [-0.05, 0) is 12.1 Å². The van der Waals surface area contributed by atoms with Gasteiger partial charge in [0.25, 0.3) is 5.91 Å². The normalized spacial score (nSPS) is 9.89. The summed E-state index contributed by atoms with van der Waals surface area (Å²) in [4.78, 5) is 23.5. The monoisotopic (exact) mass is 271 g/mol. The SMILES string of the molecule is COc1ccc(F)c(C(=O)N(C)CC(=O)O)c1OC. The summed E-state index contributed by atoms with van der Waals surface area (Å²) < 4.78 is 23.7.